The number of hydrogen-bond acceptors (Lipinski definition) is 3. The molecule has 1 aromatic heterocycles. The molecule has 0 fully saturated rings. The summed E-state index contributed by atoms with van der Waals surface area (Å²) in [7, 11) is 0. The Kier molecular flexibility index (Phi) is 3.26. The minimum Gasteiger partial charge on any atom is -0.330 e. The van der Waals surface area contributed by atoms with Crippen LogP contribution < -0.4 is 5.73 Å². The van der Waals surface area contributed by atoms with Gasteiger partial charge >= 0.3 is 0 Å². The lowest BCUT2D eigenvalue weighted by atomic mass is 10.1. The van der Waals surface area contributed by atoms with Gasteiger partial charge in [-0.3, -0.25) is 0 Å². The number of carbonyl (C=O) groups is 1. The van der Waals surface area contributed by atoms with Gasteiger partial charge in [-0.2, -0.15) is 0 Å². The highest BCUT2D eigenvalue weighted by Gasteiger charge is 2.08. The van der Waals surface area contributed by atoms with Gasteiger partial charge in [0, 0.05) is 23.8 Å². The number of carbonyl (C=O) groups excluding carboxylic acids is 1. The van der Waals surface area contributed by atoms with Gasteiger partial charge in [0.25, 0.3) is 0 Å². The first kappa shape index (κ1) is 8.43. The Balaban J connectivity index is 2.62. The third-order valence-electron chi connectivity index (χ3n) is 1.61. The number of thiophene rings is 1. The normalized spacial score (nSPS) is 12.8. The summed E-state index contributed by atoms with van der Waals surface area (Å²) in [4.78, 5) is 11.4. The van der Waals surface area contributed by atoms with Crippen LogP contribution in [0.2, 0.25) is 0 Å². The maximum Gasteiger partial charge on any atom is 0.120 e. The number of hydrogen-bond donors (Lipinski definition) is 1. The highest BCUT2D eigenvalue weighted by molar-refractivity contribution is 7.10. The summed E-state index contributed by atoms with van der Waals surface area (Å²) in [6.07, 6.45) is 1.47. The average molecular weight is 169 g/mol. The van der Waals surface area contributed by atoms with Crippen molar-refractivity contribution in [1.82, 2.24) is 0 Å². The topological polar surface area (TPSA) is 43.1 Å². The third kappa shape index (κ3) is 2.13. The van der Waals surface area contributed by atoms with Crippen molar-refractivity contribution in [3.8, 4) is 0 Å². The fourth-order valence-corrected chi connectivity index (χ4v) is 1.82. The molecule has 1 atom stereocenters. The minimum absolute atomic E-state index is 0.229. The molecular weight excluding hydrogens is 158 g/mol. The molecule has 0 radical (unpaired) electrons. The van der Waals surface area contributed by atoms with E-state index in [-0.39, 0.29) is 5.92 Å². The highest BCUT2D eigenvalue weighted by Crippen LogP contribution is 2.21. The maximum atomic E-state index is 10.2. The first-order valence-electron chi connectivity index (χ1n) is 3.55. The van der Waals surface area contributed by atoms with E-state index in [2.05, 4.69) is 0 Å². The second-order valence-electron chi connectivity index (χ2n) is 2.35. The molecule has 0 aliphatic heterocycles. The van der Waals surface area contributed by atoms with E-state index in [1.807, 2.05) is 17.5 Å². The van der Waals surface area contributed by atoms with Crippen LogP contribution in [-0.4, -0.2) is 12.8 Å². The Morgan fingerprint density at radius 3 is 3.00 bits per heavy atom. The first-order valence-corrected chi connectivity index (χ1v) is 4.43. The molecule has 0 unspecified atom stereocenters. The van der Waals surface area contributed by atoms with E-state index in [9.17, 15) is 4.79 Å². The van der Waals surface area contributed by atoms with Crippen LogP contribution in [0.1, 0.15) is 17.2 Å². The fraction of sp³-hybridized carbons (Fsp3) is 0.375. The fourth-order valence-electron chi connectivity index (χ4n) is 0.968. The molecule has 3 heteroatoms. The quantitative estimate of drug-likeness (QED) is 0.692. The molecule has 2 nitrogen and oxygen atoms in total. The van der Waals surface area contributed by atoms with E-state index in [4.69, 9.17) is 5.73 Å². The van der Waals surface area contributed by atoms with Gasteiger partial charge in [0.05, 0.1) is 0 Å². The van der Waals surface area contributed by atoms with Gasteiger partial charge in [0.15, 0.2) is 0 Å². The number of nitrogens with two attached hydrogens (primary N) is 1. The van der Waals surface area contributed by atoms with E-state index < -0.39 is 0 Å². The molecule has 11 heavy (non-hydrogen) atoms. The van der Waals surface area contributed by atoms with Crippen molar-refractivity contribution in [2.45, 2.75) is 12.3 Å². The van der Waals surface area contributed by atoms with Crippen LogP contribution in [0.3, 0.4) is 0 Å². The number of aldehydes is 1. The molecule has 0 aliphatic carbocycles. The van der Waals surface area contributed by atoms with Crippen molar-refractivity contribution >= 4 is 17.6 Å². The molecule has 0 amide bonds. The second kappa shape index (κ2) is 4.26. The summed E-state index contributed by atoms with van der Waals surface area (Å²) in [6, 6.07) is 4.00. The maximum absolute atomic E-state index is 10.2. The summed E-state index contributed by atoms with van der Waals surface area (Å²) >= 11 is 1.66. The molecule has 1 heterocycles. The summed E-state index contributed by atoms with van der Waals surface area (Å²) in [5, 5.41) is 2.00. The van der Waals surface area contributed by atoms with Gasteiger partial charge in [0.2, 0.25) is 0 Å². The third-order valence-corrected chi connectivity index (χ3v) is 2.65. The molecule has 1 rings (SSSR count). The van der Waals surface area contributed by atoms with Crippen molar-refractivity contribution in [1.29, 1.82) is 0 Å². The zero-order valence-electron chi connectivity index (χ0n) is 6.19. The van der Waals surface area contributed by atoms with Crippen molar-refractivity contribution in [2.24, 2.45) is 5.73 Å². The Morgan fingerprint density at radius 2 is 2.55 bits per heavy atom. The Hall–Kier alpha value is -0.670. The van der Waals surface area contributed by atoms with E-state index in [0.717, 1.165) is 6.29 Å². The van der Waals surface area contributed by atoms with Crippen LogP contribution in [0.25, 0.3) is 0 Å². The van der Waals surface area contributed by atoms with Crippen LogP contribution in [0.5, 0.6) is 0 Å². The van der Waals surface area contributed by atoms with E-state index in [1.165, 1.54) is 4.88 Å². The SMILES string of the molecule is NC[C@H](CC=O)c1cccs1. The van der Waals surface area contributed by atoms with E-state index in [0.29, 0.717) is 13.0 Å². The van der Waals surface area contributed by atoms with E-state index in [1.54, 1.807) is 11.3 Å². The van der Waals surface area contributed by atoms with Crippen LogP contribution in [0.15, 0.2) is 17.5 Å². The zero-order valence-corrected chi connectivity index (χ0v) is 7.01. The molecule has 0 aliphatic rings. The standard InChI is InChI=1S/C8H11NOS/c9-6-7(3-4-10)8-2-1-5-11-8/h1-2,4-5,7H,3,6,9H2/t7-/m0/s1. The Labute approximate surface area is 70.0 Å². The summed E-state index contributed by atoms with van der Waals surface area (Å²) in [6.45, 7) is 0.555. The van der Waals surface area contributed by atoms with Crippen LogP contribution in [-0.2, 0) is 4.79 Å². The zero-order chi connectivity index (χ0) is 8.10. The molecule has 0 spiro atoms. The lowest BCUT2D eigenvalue weighted by molar-refractivity contribution is -0.108. The Bertz CT molecular complexity index is 208. The van der Waals surface area contributed by atoms with E-state index >= 15 is 0 Å². The molecule has 0 saturated carbocycles. The van der Waals surface area contributed by atoms with Gasteiger partial charge in [0.1, 0.15) is 6.29 Å². The molecule has 0 saturated heterocycles. The molecule has 60 valence electrons. The summed E-state index contributed by atoms with van der Waals surface area (Å²) < 4.78 is 0. The lowest BCUT2D eigenvalue weighted by Crippen LogP contribution is -2.11. The molecule has 2 N–H and O–H groups in total. The smallest absolute Gasteiger partial charge is 0.120 e. The van der Waals surface area contributed by atoms with Gasteiger partial charge < -0.3 is 10.5 Å². The number of rotatable bonds is 4. The predicted octanol–water partition coefficient (Wildman–Crippen LogP) is 1.38. The minimum atomic E-state index is 0.229. The predicted molar refractivity (Wildman–Crippen MR) is 46.8 cm³/mol. The van der Waals surface area contributed by atoms with Crippen molar-refractivity contribution < 1.29 is 4.79 Å². The lowest BCUT2D eigenvalue weighted by Gasteiger charge is -2.07. The second-order valence-corrected chi connectivity index (χ2v) is 3.33. The summed E-state index contributed by atoms with van der Waals surface area (Å²) in [5.74, 6) is 0.229. The molecule has 1 aromatic rings. The average Bonchev–Trinajstić information content (AvgIpc) is 2.52. The highest BCUT2D eigenvalue weighted by atomic mass is 32.1. The monoisotopic (exact) mass is 169 g/mol. The molecule has 0 aromatic carbocycles. The first-order chi connectivity index (χ1) is 5.38. The van der Waals surface area contributed by atoms with Gasteiger partial charge in [-0.1, -0.05) is 6.07 Å². The van der Waals surface area contributed by atoms with Crippen LogP contribution >= 0.6 is 11.3 Å². The molecular formula is C8H11NOS. The Morgan fingerprint density at radius 1 is 1.73 bits per heavy atom. The van der Waals surface area contributed by atoms with Crippen molar-refractivity contribution in [2.75, 3.05) is 6.54 Å². The van der Waals surface area contributed by atoms with Crippen LogP contribution in [0, 0.1) is 0 Å². The largest absolute Gasteiger partial charge is 0.330 e. The van der Waals surface area contributed by atoms with Crippen molar-refractivity contribution in [3.63, 3.8) is 0 Å². The molecule has 0 bridgehead atoms. The summed E-state index contributed by atoms with van der Waals surface area (Å²) in [5.41, 5.74) is 5.50. The van der Waals surface area contributed by atoms with Crippen molar-refractivity contribution in [3.05, 3.63) is 22.4 Å². The van der Waals surface area contributed by atoms with Crippen LogP contribution in [0.4, 0.5) is 0 Å². The van der Waals surface area contributed by atoms with Gasteiger partial charge in [-0.15, -0.1) is 11.3 Å². The van der Waals surface area contributed by atoms with Gasteiger partial charge in [-0.25, -0.2) is 0 Å². The van der Waals surface area contributed by atoms with Gasteiger partial charge in [-0.05, 0) is 11.4 Å².